The van der Waals surface area contributed by atoms with E-state index in [1.54, 1.807) is 6.33 Å². The molecule has 0 spiro atoms. The fourth-order valence-electron chi connectivity index (χ4n) is 3.07. The lowest BCUT2D eigenvalue weighted by Crippen LogP contribution is -2.30. The highest BCUT2D eigenvalue weighted by atomic mass is 32.2. The molecule has 0 aliphatic carbocycles. The first-order chi connectivity index (χ1) is 14.3. The van der Waals surface area contributed by atoms with Crippen molar-refractivity contribution in [2.24, 2.45) is 0 Å². The lowest BCUT2D eigenvalue weighted by molar-refractivity contribution is -0.119. The second-order valence-corrected chi connectivity index (χ2v) is 7.37. The van der Waals surface area contributed by atoms with E-state index in [0.29, 0.717) is 5.16 Å². The van der Waals surface area contributed by atoms with Crippen LogP contribution in [0, 0.1) is 0 Å². The van der Waals surface area contributed by atoms with Crippen molar-refractivity contribution in [2.45, 2.75) is 11.2 Å². The van der Waals surface area contributed by atoms with Gasteiger partial charge in [0.15, 0.2) is 5.16 Å². The monoisotopic (exact) mass is 400 g/mol. The second kappa shape index (κ2) is 9.21. The van der Waals surface area contributed by atoms with Gasteiger partial charge in [-0.3, -0.25) is 9.36 Å². The number of nitrogens with zero attached hydrogens (tertiary/aromatic N) is 3. The zero-order chi connectivity index (χ0) is 19.9. The molecule has 144 valence electrons. The number of carbonyl (C=O) groups excluding carboxylic acids is 1. The molecular formula is C23H20N4OS. The molecule has 4 aromatic rings. The summed E-state index contributed by atoms with van der Waals surface area (Å²) in [6.07, 6.45) is 1.66. The van der Waals surface area contributed by atoms with Gasteiger partial charge in [-0.05, 0) is 23.3 Å². The number of aromatic nitrogens is 3. The number of nitrogens with one attached hydrogen (secondary N) is 1. The smallest absolute Gasteiger partial charge is 0.231 e. The van der Waals surface area contributed by atoms with E-state index in [9.17, 15) is 4.79 Å². The van der Waals surface area contributed by atoms with E-state index in [2.05, 4.69) is 15.5 Å². The number of carbonyl (C=O) groups is 1. The Morgan fingerprint density at radius 2 is 1.41 bits per heavy atom. The molecule has 5 nitrogen and oxygen atoms in total. The van der Waals surface area contributed by atoms with Gasteiger partial charge in [0.1, 0.15) is 6.33 Å². The quantitative estimate of drug-likeness (QED) is 0.471. The summed E-state index contributed by atoms with van der Waals surface area (Å²) in [4.78, 5) is 12.8. The molecule has 1 aromatic heterocycles. The topological polar surface area (TPSA) is 59.8 Å². The molecule has 1 heterocycles. The van der Waals surface area contributed by atoms with E-state index >= 15 is 0 Å². The Labute approximate surface area is 173 Å². The van der Waals surface area contributed by atoms with Crippen molar-refractivity contribution < 1.29 is 4.79 Å². The zero-order valence-corrected chi connectivity index (χ0v) is 16.5. The fourth-order valence-corrected chi connectivity index (χ4v) is 3.81. The van der Waals surface area contributed by atoms with Crippen molar-refractivity contribution in [1.29, 1.82) is 0 Å². The van der Waals surface area contributed by atoms with E-state index in [0.717, 1.165) is 16.8 Å². The van der Waals surface area contributed by atoms with Crippen molar-refractivity contribution in [1.82, 2.24) is 20.1 Å². The largest absolute Gasteiger partial charge is 0.344 e. The highest BCUT2D eigenvalue weighted by Crippen LogP contribution is 2.23. The number of thioether (sulfide) groups is 1. The van der Waals surface area contributed by atoms with Crippen LogP contribution >= 0.6 is 11.8 Å². The van der Waals surface area contributed by atoms with Gasteiger partial charge in [0, 0.05) is 5.69 Å². The van der Waals surface area contributed by atoms with Crippen LogP contribution in [0.3, 0.4) is 0 Å². The second-order valence-electron chi connectivity index (χ2n) is 6.43. The summed E-state index contributed by atoms with van der Waals surface area (Å²) in [5.41, 5.74) is 3.06. The van der Waals surface area contributed by atoms with Gasteiger partial charge in [0.05, 0.1) is 11.8 Å². The van der Waals surface area contributed by atoms with Crippen LogP contribution < -0.4 is 5.32 Å². The Bertz CT molecular complexity index is 1010. The van der Waals surface area contributed by atoms with Crippen LogP contribution in [-0.4, -0.2) is 26.4 Å². The first kappa shape index (κ1) is 19.0. The maximum atomic E-state index is 12.8. The van der Waals surface area contributed by atoms with E-state index in [-0.39, 0.29) is 17.7 Å². The number of rotatable bonds is 7. The van der Waals surface area contributed by atoms with Crippen molar-refractivity contribution in [2.75, 3.05) is 5.75 Å². The first-order valence-electron chi connectivity index (χ1n) is 9.29. The van der Waals surface area contributed by atoms with Gasteiger partial charge in [0.2, 0.25) is 5.91 Å². The number of benzene rings is 3. The normalized spacial score (nSPS) is 10.8. The molecule has 3 aromatic carbocycles. The molecule has 0 bridgehead atoms. The van der Waals surface area contributed by atoms with Gasteiger partial charge < -0.3 is 5.32 Å². The first-order valence-corrected chi connectivity index (χ1v) is 10.3. The number of para-hydroxylation sites is 1. The minimum atomic E-state index is -0.197. The molecule has 0 aliphatic rings. The lowest BCUT2D eigenvalue weighted by atomic mass is 9.99. The molecule has 0 radical (unpaired) electrons. The molecule has 4 rings (SSSR count). The Morgan fingerprint density at radius 3 is 2.00 bits per heavy atom. The van der Waals surface area contributed by atoms with Crippen LogP contribution in [0.1, 0.15) is 17.2 Å². The Morgan fingerprint density at radius 1 is 0.862 bits per heavy atom. The minimum Gasteiger partial charge on any atom is -0.344 e. The van der Waals surface area contributed by atoms with Gasteiger partial charge in [-0.25, -0.2) is 0 Å². The predicted molar refractivity (Wildman–Crippen MR) is 115 cm³/mol. The Balaban J connectivity index is 1.47. The van der Waals surface area contributed by atoms with E-state index in [1.165, 1.54) is 11.8 Å². The minimum absolute atomic E-state index is 0.0599. The van der Waals surface area contributed by atoms with Gasteiger partial charge in [-0.2, -0.15) is 0 Å². The van der Waals surface area contributed by atoms with E-state index in [4.69, 9.17) is 0 Å². The molecule has 0 saturated carbocycles. The van der Waals surface area contributed by atoms with Gasteiger partial charge in [-0.15, -0.1) is 10.2 Å². The Kier molecular flexibility index (Phi) is 6.02. The molecule has 6 heteroatoms. The molecule has 0 atom stereocenters. The third-order valence-electron chi connectivity index (χ3n) is 4.45. The number of hydrogen-bond donors (Lipinski definition) is 1. The third kappa shape index (κ3) is 4.73. The summed E-state index contributed by atoms with van der Waals surface area (Å²) in [5.74, 6) is 0.192. The SMILES string of the molecule is O=C(CSc1nncn1-c1ccccc1)NC(c1ccccc1)c1ccccc1. The summed E-state index contributed by atoms with van der Waals surface area (Å²) in [5, 5.41) is 12.0. The number of amides is 1. The summed E-state index contributed by atoms with van der Waals surface area (Å²) in [7, 11) is 0. The summed E-state index contributed by atoms with van der Waals surface area (Å²) in [6, 6.07) is 29.6. The summed E-state index contributed by atoms with van der Waals surface area (Å²) < 4.78 is 1.88. The van der Waals surface area contributed by atoms with Gasteiger partial charge in [-0.1, -0.05) is 90.6 Å². The highest BCUT2D eigenvalue weighted by molar-refractivity contribution is 7.99. The highest BCUT2D eigenvalue weighted by Gasteiger charge is 2.17. The molecule has 0 saturated heterocycles. The molecule has 29 heavy (non-hydrogen) atoms. The number of hydrogen-bond acceptors (Lipinski definition) is 4. The van der Waals surface area contributed by atoms with Gasteiger partial charge >= 0.3 is 0 Å². The van der Waals surface area contributed by atoms with Crippen molar-refractivity contribution >= 4 is 17.7 Å². The molecule has 1 amide bonds. The van der Waals surface area contributed by atoms with Crippen LogP contribution in [0.25, 0.3) is 5.69 Å². The lowest BCUT2D eigenvalue weighted by Gasteiger charge is -2.19. The molecular weight excluding hydrogens is 380 g/mol. The summed E-state index contributed by atoms with van der Waals surface area (Å²) in [6.45, 7) is 0. The van der Waals surface area contributed by atoms with Crippen molar-refractivity contribution in [3.05, 3.63) is 108 Å². The standard InChI is InChI=1S/C23H20N4OS/c28-21(16-29-23-26-24-17-27(23)20-14-8-3-9-15-20)25-22(18-10-4-1-5-11-18)19-12-6-2-7-13-19/h1-15,17,22H,16H2,(H,25,28). The van der Waals surface area contributed by atoms with Gasteiger partial charge in [0.25, 0.3) is 0 Å². The maximum Gasteiger partial charge on any atom is 0.231 e. The molecule has 0 unspecified atom stereocenters. The van der Waals surface area contributed by atoms with Crippen molar-refractivity contribution in [3.8, 4) is 5.69 Å². The Hall–Kier alpha value is -3.38. The van der Waals surface area contributed by atoms with Crippen LogP contribution in [-0.2, 0) is 4.79 Å². The predicted octanol–water partition coefficient (Wildman–Crippen LogP) is 4.27. The maximum absolute atomic E-state index is 12.8. The molecule has 0 aliphatic heterocycles. The van der Waals surface area contributed by atoms with Crippen molar-refractivity contribution in [3.63, 3.8) is 0 Å². The average Bonchev–Trinajstić information content (AvgIpc) is 3.26. The average molecular weight is 401 g/mol. The molecule has 0 fully saturated rings. The third-order valence-corrected chi connectivity index (χ3v) is 5.40. The fraction of sp³-hybridized carbons (Fsp3) is 0.0870. The van der Waals surface area contributed by atoms with E-state index in [1.807, 2.05) is 95.6 Å². The summed E-state index contributed by atoms with van der Waals surface area (Å²) >= 11 is 1.37. The zero-order valence-electron chi connectivity index (χ0n) is 15.7. The van der Waals surface area contributed by atoms with E-state index < -0.39 is 0 Å². The van der Waals surface area contributed by atoms with Crippen LogP contribution in [0.15, 0.2) is 102 Å². The molecule has 1 N–H and O–H groups in total. The van der Waals surface area contributed by atoms with Crippen LogP contribution in [0.5, 0.6) is 0 Å². The van der Waals surface area contributed by atoms with Crippen LogP contribution in [0.4, 0.5) is 0 Å². The van der Waals surface area contributed by atoms with Crippen LogP contribution in [0.2, 0.25) is 0 Å².